The number of hydrogen-bond donors (Lipinski definition) is 1. The van der Waals surface area contributed by atoms with E-state index in [2.05, 4.69) is 0 Å². The topological polar surface area (TPSA) is 43.1 Å². The summed E-state index contributed by atoms with van der Waals surface area (Å²) >= 11 is 0. The Morgan fingerprint density at radius 2 is 1.80 bits per heavy atom. The zero-order valence-electron chi connectivity index (χ0n) is 8.26. The van der Waals surface area contributed by atoms with Crippen LogP contribution in [0.1, 0.15) is 21.5 Å². The molecule has 1 aromatic carbocycles. The molecule has 0 saturated heterocycles. The van der Waals surface area contributed by atoms with Crippen LogP contribution in [0.4, 0.5) is 0 Å². The van der Waals surface area contributed by atoms with Crippen molar-refractivity contribution in [1.29, 1.82) is 0 Å². The minimum absolute atomic E-state index is 0.392. The van der Waals surface area contributed by atoms with E-state index in [1.165, 1.54) is 0 Å². The van der Waals surface area contributed by atoms with Gasteiger partial charge in [0.1, 0.15) is 0 Å². The molecule has 1 aromatic rings. The standard InChI is InChI=1S/C9H9O.3ClH.Cr.H2N/c1-7-3-4-9(6-10)8(2)5-7;;;;;/h3-5H,1-2H3;3*1H;;1H2/q;;;;+4;-1/p-3. The van der Waals surface area contributed by atoms with E-state index in [1.54, 1.807) is 19.1 Å². The average Bonchev–Trinajstić information content (AvgIpc) is 2.00. The SMILES string of the molecule is Cc1ccc([C](=O)[Cr]([NH2])([Cl])([Cl])[Cl])c(C)c1. The van der Waals surface area contributed by atoms with Crippen LogP contribution in [0, 0.1) is 13.8 Å². The van der Waals surface area contributed by atoms with Gasteiger partial charge in [0, 0.05) is 0 Å². The van der Waals surface area contributed by atoms with Crippen LogP contribution in [-0.2, 0) is 9.46 Å². The van der Waals surface area contributed by atoms with E-state index >= 15 is 0 Å². The van der Waals surface area contributed by atoms with E-state index < -0.39 is 14.1 Å². The van der Waals surface area contributed by atoms with Crippen LogP contribution in [0.15, 0.2) is 18.2 Å². The van der Waals surface area contributed by atoms with Crippen molar-refractivity contribution >= 4 is 34.8 Å². The van der Waals surface area contributed by atoms with E-state index in [0.717, 1.165) is 11.1 Å². The Labute approximate surface area is 102 Å². The molecular weight excluding hydrogens is 296 g/mol. The monoisotopic (exact) mass is 306 g/mol. The van der Waals surface area contributed by atoms with Crippen molar-refractivity contribution in [3.8, 4) is 0 Å². The molecule has 2 N–H and O–H groups in total. The first-order valence-electron chi connectivity index (χ1n) is 4.09. The molecule has 6 heteroatoms. The molecule has 0 aromatic heterocycles. The number of benzene rings is 1. The Bertz CT molecular complexity index is 416. The van der Waals surface area contributed by atoms with Crippen LogP contribution >= 0.6 is 30.1 Å². The van der Waals surface area contributed by atoms with E-state index in [-0.39, 0.29) is 0 Å². The van der Waals surface area contributed by atoms with E-state index in [9.17, 15) is 4.79 Å². The number of hydrogen-bond acceptors (Lipinski definition) is 2. The summed E-state index contributed by atoms with van der Waals surface area (Å²) in [6.45, 7) is 3.72. The third-order valence-corrected chi connectivity index (χ3v) is 4.99. The Morgan fingerprint density at radius 3 is 2.20 bits per heavy atom. The first kappa shape index (κ1) is 13.3. The second-order valence-electron chi connectivity index (χ2n) is 3.40. The number of nitrogens with two attached hydrogens (primary N) is 1. The van der Waals surface area contributed by atoms with Crippen molar-refractivity contribution in [3.63, 3.8) is 0 Å². The fraction of sp³-hybridized carbons (Fsp3) is 0.222. The van der Waals surface area contributed by atoms with Crippen molar-refractivity contribution in [2.75, 3.05) is 0 Å². The maximum absolute atomic E-state index is 11.9. The molecule has 0 aliphatic carbocycles. The molecule has 0 heterocycles. The molecule has 0 saturated carbocycles. The summed E-state index contributed by atoms with van der Waals surface area (Å²) in [4.78, 5) is 11.9. The summed E-state index contributed by atoms with van der Waals surface area (Å²) < 4.78 is 4.92. The molecular formula is C9H11Cl3CrNO. The molecule has 0 atom stereocenters. The Morgan fingerprint density at radius 1 is 1.27 bits per heavy atom. The third-order valence-electron chi connectivity index (χ3n) is 1.92. The van der Waals surface area contributed by atoms with Gasteiger partial charge in [0.2, 0.25) is 0 Å². The van der Waals surface area contributed by atoms with Gasteiger partial charge in [-0.15, -0.1) is 0 Å². The predicted molar refractivity (Wildman–Crippen MR) is 62.0 cm³/mol. The Balaban J connectivity index is 3.25. The van der Waals surface area contributed by atoms with Crippen LogP contribution in [0.3, 0.4) is 0 Å². The quantitative estimate of drug-likeness (QED) is 0.909. The zero-order valence-corrected chi connectivity index (χ0v) is 11.8. The number of carbonyl (C=O) groups is 1. The van der Waals surface area contributed by atoms with Crippen LogP contribution < -0.4 is 4.72 Å². The maximum atomic E-state index is 11.9. The van der Waals surface area contributed by atoms with Crippen LogP contribution in [-0.4, -0.2) is 4.65 Å². The van der Waals surface area contributed by atoms with Gasteiger partial charge in [-0.05, 0) is 0 Å². The molecule has 85 valence electrons. The molecule has 0 spiro atoms. The summed E-state index contributed by atoms with van der Waals surface area (Å²) in [5.74, 6) is 0. The number of halogens is 3. The Hall–Kier alpha value is 0.252. The summed E-state index contributed by atoms with van der Waals surface area (Å²) in [6.07, 6.45) is 0. The second-order valence-corrected chi connectivity index (χ2v) is 16.3. The zero-order chi connectivity index (χ0) is 11.9. The third kappa shape index (κ3) is 3.36. The van der Waals surface area contributed by atoms with Gasteiger partial charge in [-0.3, -0.25) is 0 Å². The number of aryl methyl sites for hydroxylation is 2. The predicted octanol–water partition coefficient (Wildman–Crippen LogP) is 3.47. The van der Waals surface area contributed by atoms with Crippen molar-refractivity contribution in [1.82, 2.24) is 0 Å². The second kappa shape index (κ2) is 3.93. The van der Waals surface area contributed by atoms with E-state index in [1.807, 2.05) is 13.0 Å². The fourth-order valence-corrected chi connectivity index (χ4v) is 3.20. The molecule has 15 heavy (non-hydrogen) atoms. The summed E-state index contributed by atoms with van der Waals surface area (Å²) in [5.41, 5.74) is 2.21. The van der Waals surface area contributed by atoms with Crippen LogP contribution in [0.25, 0.3) is 0 Å². The molecule has 0 fully saturated rings. The van der Waals surface area contributed by atoms with Crippen molar-refractivity contribution < 1.29 is 14.3 Å². The molecule has 0 aliphatic heterocycles. The molecule has 0 amide bonds. The van der Waals surface area contributed by atoms with Crippen LogP contribution in [0.5, 0.6) is 0 Å². The van der Waals surface area contributed by atoms with Crippen LogP contribution in [0.2, 0.25) is 0 Å². The van der Waals surface area contributed by atoms with Crippen molar-refractivity contribution in [2.24, 2.45) is 4.72 Å². The molecule has 0 bridgehead atoms. The Kier molecular flexibility index (Phi) is 3.49. The average molecular weight is 308 g/mol. The minimum atomic E-state index is -4.64. The number of rotatable bonds is 2. The van der Waals surface area contributed by atoms with E-state index in [0.29, 0.717) is 5.56 Å². The van der Waals surface area contributed by atoms with Gasteiger partial charge in [-0.25, -0.2) is 0 Å². The van der Waals surface area contributed by atoms with Crippen molar-refractivity contribution in [3.05, 3.63) is 34.9 Å². The fourth-order valence-electron chi connectivity index (χ4n) is 1.23. The van der Waals surface area contributed by atoms with E-state index in [4.69, 9.17) is 34.9 Å². The number of carbonyl (C=O) groups excluding carboxylic acids is 1. The van der Waals surface area contributed by atoms with Gasteiger partial charge in [0.05, 0.1) is 0 Å². The first-order valence-corrected chi connectivity index (χ1v) is 10.7. The normalized spacial score (nSPS) is 14.4. The molecule has 0 aliphatic rings. The van der Waals surface area contributed by atoms with Crippen molar-refractivity contribution in [2.45, 2.75) is 13.8 Å². The molecule has 2 nitrogen and oxygen atoms in total. The van der Waals surface area contributed by atoms with Gasteiger partial charge >= 0.3 is 103 Å². The summed E-state index contributed by atoms with van der Waals surface area (Å²) in [5, 5.41) is 0. The first-order chi connectivity index (χ1) is 6.58. The summed E-state index contributed by atoms with van der Waals surface area (Å²) in [7, 11) is 12.5. The molecule has 0 unspecified atom stereocenters. The van der Waals surface area contributed by atoms with Gasteiger partial charge in [0.15, 0.2) is 0 Å². The molecule has 0 radical (unpaired) electrons. The molecule has 1 rings (SSSR count). The van der Waals surface area contributed by atoms with Gasteiger partial charge in [-0.1, -0.05) is 0 Å². The van der Waals surface area contributed by atoms with Gasteiger partial charge < -0.3 is 0 Å². The van der Waals surface area contributed by atoms with Gasteiger partial charge in [-0.2, -0.15) is 0 Å². The van der Waals surface area contributed by atoms with Gasteiger partial charge in [0.25, 0.3) is 0 Å². The summed E-state index contributed by atoms with van der Waals surface area (Å²) in [6, 6.07) is 5.29.